The zero-order valence-corrected chi connectivity index (χ0v) is 6.03. The van der Waals surface area contributed by atoms with Crippen LogP contribution in [0.3, 0.4) is 0 Å². The summed E-state index contributed by atoms with van der Waals surface area (Å²) in [5, 5.41) is 8.39. The van der Waals surface area contributed by atoms with Crippen LogP contribution in [0.15, 0.2) is 0 Å². The van der Waals surface area contributed by atoms with Crippen molar-refractivity contribution in [3.63, 3.8) is 0 Å². The first-order valence-electron chi connectivity index (χ1n) is 3.01. The fourth-order valence-electron chi connectivity index (χ4n) is 0.888. The van der Waals surface area contributed by atoms with Crippen molar-refractivity contribution in [2.75, 3.05) is 5.75 Å². The molecule has 0 aromatic carbocycles. The maximum absolute atomic E-state index is 10.2. The summed E-state index contributed by atoms with van der Waals surface area (Å²) in [5.74, 6) is 0.0285. The summed E-state index contributed by atoms with van der Waals surface area (Å²) in [7, 11) is 0. The second kappa shape index (κ2) is 6.30. The second-order valence-corrected chi connectivity index (χ2v) is 3.04. The predicted molar refractivity (Wildman–Crippen MR) is 52.1 cm³/mol. The van der Waals surface area contributed by atoms with Gasteiger partial charge in [0, 0.05) is 0 Å². The van der Waals surface area contributed by atoms with Crippen LogP contribution in [0.5, 0.6) is 0 Å². The molecule has 0 bridgehead atoms. The summed E-state index contributed by atoms with van der Waals surface area (Å²) >= 11 is 4.07. The number of aliphatic carboxylic acids is 1. The Morgan fingerprint density at radius 1 is 1.45 bits per heavy atom. The SMILES string of the molecule is O=C(O)CC1(CS)CC1.[NaH].[NaH]. The van der Waals surface area contributed by atoms with E-state index in [1.807, 2.05) is 0 Å². The van der Waals surface area contributed by atoms with E-state index in [4.69, 9.17) is 5.11 Å². The third-order valence-electron chi connectivity index (χ3n) is 1.82. The van der Waals surface area contributed by atoms with E-state index in [0.717, 1.165) is 18.6 Å². The third-order valence-corrected chi connectivity index (χ3v) is 2.49. The molecule has 1 fully saturated rings. The van der Waals surface area contributed by atoms with Gasteiger partial charge in [-0.15, -0.1) is 0 Å². The van der Waals surface area contributed by atoms with Gasteiger partial charge in [0.05, 0.1) is 6.42 Å². The van der Waals surface area contributed by atoms with Crippen molar-refractivity contribution in [2.24, 2.45) is 5.41 Å². The summed E-state index contributed by atoms with van der Waals surface area (Å²) < 4.78 is 0. The second-order valence-electron chi connectivity index (χ2n) is 2.73. The van der Waals surface area contributed by atoms with Crippen LogP contribution in [-0.4, -0.2) is 75.9 Å². The minimum absolute atomic E-state index is 0. The molecular formula is C6H12Na2O2S. The van der Waals surface area contributed by atoms with Crippen molar-refractivity contribution in [1.82, 2.24) is 0 Å². The first-order valence-corrected chi connectivity index (χ1v) is 3.64. The van der Waals surface area contributed by atoms with E-state index >= 15 is 0 Å². The number of carbonyl (C=O) groups is 1. The Labute approximate surface area is 116 Å². The quantitative estimate of drug-likeness (QED) is 0.485. The Kier molecular flexibility index (Phi) is 8.76. The van der Waals surface area contributed by atoms with Gasteiger partial charge in [-0.05, 0) is 24.0 Å². The maximum atomic E-state index is 10.2. The summed E-state index contributed by atoms with van der Waals surface area (Å²) in [5.41, 5.74) is 0.0783. The van der Waals surface area contributed by atoms with Crippen LogP contribution in [0.1, 0.15) is 19.3 Å². The summed E-state index contributed by atoms with van der Waals surface area (Å²) in [4.78, 5) is 10.2. The van der Waals surface area contributed by atoms with E-state index in [1.54, 1.807) is 0 Å². The molecule has 1 rings (SSSR count). The average Bonchev–Trinajstić information content (AvgIpc) is 2.48. The summed E-state index contributed by atoms with van der Waals surface area (Å²) in [6, 6.07) is 0. The standard InChI is InChI=1S/C6H10O2S.2Na.2H/c7-5(8)3-6(4-9)1-2-6;;;;/h9H,1-4H2,(H,7,8);;;;. The van der Waals surface area contributed by atoms with Gasteiger partial charge in [-0.2, -0.15) is 12.6 Å². The molecule has 0 spiro atoms. The number of carboxylic acids is 1. The van der Waals surface area contributed by atoms with Gasteiger partial charge in [-0.25, -0.2) is 0 Å². The third kappa shape index (κ3) is 5.19. The van der Waals surface area contributed by atoms with Crippen LogP contribution >= 0.6 is 12.6 Å². The normalized spacial score (nSPS) is 17.5. The predicted octanol–water partition coefficient (Wildman–Crippen LogP) is -0.126. The minimum atomic E-state index is -0.693. The van der Waals surface area contributed by atoms with Gasteiger partial charge in [-0.3, -0.25) is 4.79 Å². The molecule has 0 heterocycles. The van der Waals surface area contributed by atoms with Gasteiger partial charge in [0.1, 0.15) is 0 Å². The molecule has 56 valence electrons. The molecule has 0 aromatic rings. The van der Waals surface area contributed by atoms with Gasteiger partial charge in [0.25, 0.3) is 0 Å². The van der Waals surface area contributed by atoms with Crippen LogP contribution < -0.4 is 0 Å². The van der Waals surface area contributed by atoms with Gasteiger partial charge in [0.2, 0.25) is 0 Å². The van der Waals surface area contributed by atoms with E-state index < -0.39 is 5.97 Å². The van der Waals surface area contributed by atoms with Crippen molar-refractivity contribution in [2.45, 2.75) is 19.3 Å². The van der Waals surface area contributed by atoms with Gasteiger partial charge < -0.3 is 5.11 Å². The van der Waals surface area contributed by atoms with Crippen molar-refractivity contribution in [3.8, 4) is 0 Å². The van der Waals surface area contributed by atoms with E-state index in [2.05, 4.69) is 12.6 Å². The van der Waals surface area contributed by atoms with Gasteiger partial charge >= 0.3 is 65.1 Å². The molecule has 0 aliphatic heterocycles. The first kappa shape index (κ1) is 15.3. The van der Waals surface area contributed by atoms with Crippen molar-refractivity contribution in [1.29, 1.82) is 0 Å². The van der Waals surface area contributed by atoms with Crippen LogP contribution in [0.2, 0.25) is 0 Å². The molecule has 0 saturated heterocycles. The Bertz CT molecular complexity index is 137. The number of rotatable bonds is 3. The molecule has 5 heteroatoms. The fraction of sp³-hybridized carbons (Fsp3) is 0.833. The zero-order chi connectivity index (χ0) is 6.91. The topological polar surface area (TPSA) is 37.3 Å². The fourth-order valence-corrected chi connectivity index (χ4v) is 1.32. The van der Waals surface area contributed by atoms with E-state index in [1.165, 1.54) is 0 Å². The Morgan fingerprint density at radius 2 is 1.91 bits per heavy atom. The zero-order valence-electron chi connectivity index (χ0n) is 5.13. The molecule has 2 nitrogen and oxygen atoms in total. The van der Waals surface area contributed by atoms with Gasteiger partial charge in [-0.1, -0.05) is 0 Å². The van der Waals surface area contributed by atoms with Crippen LogP contribution in [0.4, 0.5) is 0 Å². The molecule has 11 heavy (non-hydrogen) atoms. The molecule has 0 radical (unpaired) electrons. The Balaban J connectivity index is 0. The van der Waals surface area contributed by atoms with Crippen molar-refractivity contribution in [3.05, 3.63) is 0 Å². The molecule has 0 aromatic heterocycles. The van der Waals surface area contributed by atoms with Crippen LogP contribution in [0.25, 0.3) is 0 Å². The average molecular weight is 194 g/mol. The Morgan fingerprint density at radius 3 is 2.00 bits per heavy atom. The Hall–Kier alpha value is 1.82. The molecule has 0 amide bonds. The monoisotopic (exact) mass is 194 g/mol. The first-order chi connectivity index (χ1) is 4.18. The number of thiol groups is 1. The van der Waals surface area contributed by atoms with Crippen molar-refractivity contribution < 1.29 is 9.90 Å². The molecule has 1 saturated carbocycles. The molecule has 1 aliphatic carbocycles. The summed E-state index contributed by atoms with van der Waals surface area (Å²) in [6.07, 6.45) is 2.39. The molecular weight excluding hydrogens is 182 g/mol. The van der Waals surface area contributed by atoms with E-state index in [0.29, 0.717) is 6.42 Å². The van der Waals surface area contributed by atoms with Crippen LogP contribution in [0, 0.1) is 5.41 Å². The molecule has 0 unspecified atom stereocenters. The molecule has 1 aliphatic rings. The van der Waals surface area contributed by atoms with Gasteiger partial charge in [0.15, 0.2) is 0 Å². The number of hydrogen-bond acceptors (Lipinski definition) is 2. The van der Waals surface area contributed by atoms with Crippen LogP contribution in [-0.2, 0) is 4.79 Å². The summed E-state index contributed by atoms with van der Waals surface area (Å²) in [6.45, 7) is 0. The van der Waals surface area contributed by atoms with E-state index in [9.17, 15) is 4.79 Å². The number of hydrogen-bond donors (Lipinski definition) is 2. The van der Waals surface area contributed by atoms with Crippen molar-refractivity contribution >= 4 is 77.7 Å². The van der Waals surface area contributed by atoms with E-state index in [-0.39, 0.29) is 64.5 Å². The number of carboxylic acid groups (broad SMARTS) is 1. The molecule has 0 atom stereocenters. The molecule has 1 N–H and O–H groups in total.